The second kappa shape index (κ2) is 7.34. The highest BCUT2D eigenvalue weighted by Crippen LogP contribution is 2.22. The fraction of sp³-hybridized carbons (Fsp3) is 0.368. The van der Waals surface area contributed by atoms with E-state index in [4.69, 9.17) is 4.74 Å². The molecule has 0 saturated carbocycles. The number of ether oxygens (including phenoxy) is 1. The number of amides is 1. The van der Waals surface area contributed by atoms with E-state index in [1.165, 1.54) is 0 Å². The summed E-state index contributed by atoms with van der Waals surface area (Å²) in [4.78, 5) is 18.8. The second-order valence-electron chi connectivity index (χ2n) is 6.26. The molecule has 0 aliphatic carbocycles. The molecule has 0 spiro atoms. The molecule has 1 aliphatic heterocycles. The summed E-state index contributed by atoms with van der Waals surface area (Å²) in [6, 6.07) is 11.3. The van der Waals surface area contributed by atoms with Crippen molar-refractivity contribution in [1.29, 1.82) is 0 Å². The lowest BCUT2D eigenvalue weighted by molar-refractivity contribution is 0.0691. The van der Waals surface area contributed by atoms with Crippen LogP contribution in [0.5, 0.6) is 5.75 Å². The van der Waals surface area contributed by atoms with E-state index in [2.05, 4.69) is 17.2 Å². The summed E-state index contributed by atoms with van der Waals surface area (Å²) < 4.78 is 5.16. The Kier molecular flexibility index (Phi) is 4.99. The van der Waals surface area contributed by atoms with Crippen LogP contribution in [-0.2, 0) is 0 Å². The summed E-state index contributed by atoms with van der Waals surface area (Å²) in [5, 5.41) is 3.29. The molecule has 1 aliphatic rings. The van der Waals surface area contributed by atoms with Crippen LogP contribution in [-0.4, -0.2) is 36.0 Å². The van der Waals surface area contributed by atoms with E-state index in [0.29, 0.717) is 11.6 Å². The summed E-state index contributed by atoms with van der Waals surface area (Å²) in [5.74, 6) is 1.52. The van der Waals surface area contributed by atoms with Gasteiger partial charge in [-0.2, -0.15) is 0 Å². The number of piperidine rings is 1. The van der Waals surface area contributed by atoms with Crippen LogP contribution in [0.4, 0.5) is 11.4 Å². The van der Waals surface area contributed by atoms with Gasteiger partial charge in [0.15, 0.2) is 0 Å². The number of methoxy groups -OCH3 is 1. The Bertz CT molecular complexity index is 692. The number of anilines is 2. The lowest BCUT2D eigenvalue weighted by Crippen LogP contribution is -2.38. The van der Waals surface area contributed by atoms with E-state index in [-0.39, 0.29) is 5.91 Å². The number of aromatic nitrogens is 1. The van der Waals surface area contributed by atoms with Crippen LogP contribution in [0.15, 0.2) is 42.6 Å². The van der Waals surface area contributed by atoms with Crippen molar-refractivity contribution >= 4 is 17.3 Å². The number of benzene rings is 1. The first-order valence-corrected chi connectivity index (χ1v) is 8.32. The third-order valence-electron chi connectivity index (χ3n) is 4.43. The Balaban J connectivity index is 1.70. The van der Waals surface area contributed by atoms with Gasteiger partial charge in [0.2, 0.25) is 0 Å². The topological polar surface area (TPSA) is 54.5 Å². The number of likely N-dealkylation sites (tertiary alicyclic amines) is 1. The van der Waals surface area contributed by atoms with Crippen LogP contribution in [0.3, 0.4) is 0 Å². The number of nitrogens with one attached hydrogen (secondary N) is 1. The molecule has 1 amide bonds. The molecule has 5 heteroatoms. The predicted octanol–water partition coefficient (Wildman–Crippen LogP) is 3.71. The first kappa shape index (κ1) is 16.3. The monoisotopic (exact) mass is 325 g/mol. The first-order chi connectivity index (χ1) is 11.7. The summed E-state index contributed by atoms with van der Waals surface area (Å²) in [5.41, 5.74) is 2.28. The number of hydrogen-bond donors (Lipinski definition) is 1. The standard InChI is InChI=1S/C19H23N3O2/c1-14-8-11-22(12-9-14)19(23)18-13-16(7-10-20-18)21-15-3-5-17(24-2)6-4-15/h3-7,10,13-14H,8-9,11-12H2,1-2H3,(H,20,21). The van der Waals surface area contributed by atoms with E-state index in [0.717, 1.165) is 43.1 Å². The fourth-order valence-electron chi connectivity index (χ4n) is 2.84. The van der Waals surface area contributed by atoms with Crippen molar-refractivity contribution in [3.8, 4) is 5.75 Å². The van der Waals surface area contributed by atoms with Crippen molar-refractivity contribution in [3.05, 3.63) is 48.3 Å². The molecule has 126 valence electrons. The van der Waals surface area contributed by atoms with Crippen molar-refractivity contribution in [2.75, 3.05) is 25.5 Å². The molecule has 5 nitrogen and oxygen atoms in total. The molecule has 2 heterocycles. The van der Waals surface area contributed by atoms with Gasteiger partial charge < -0.3 is 15.0 Å². The molecule has 2 aromatic rings. The molecule has 1 fully saturated rings. The van der Waals surface area contributed by atoms with Gasteiger partial charge in [-0.3, -0.25) is 9.78 Å². The minimum absolute atomic E-state index is 0.0141. The molecule has 3 rings (SSSR count). The average molecular weight is 325 g/mol. The zero-order chi connectivity index (χ0) is 16.9. The molecule has 1 aromatic carbocycles. The molecule has 0 atom stereocenters. The number of rotatable bonds is 4. The molecular formula is C19H23N3O2. The Labute approximate surface area is 142 Å². The number of carbonyl (C=O) groups excluding carboxylic acids is 1. The zero-order valence-corrected chi connectivity index (χ0v) is 14.2. The highest BCUT2D eigenvalue weighted by molar-refractivity contribution is 5.93. The summed E-state index contributed by atoms with van der Waals surface area (Å²) >= 11 is 0. The second-order valence-corrected chi connectivity index (χ2v) is 6.26. The van der Waals surface area contributed by atoms with E-state index in [1.54, 1.807) is 13.3 Å². The van der Waals surface area contributed by atoms with Gasteiger partial charge in [0.05, 0.1) is 7.11 Å². The fourth-order valence-corrected chi connectivity index (χ4v) is 2.84. The molecule has 24 heavy (non-hydrogen) atoms. The van der Waals surface area contributed by atoms with E-state index < -0.39 is 0 Å². The van der Waals surface area contributed by atoms with Crippen molar-refractivity contribution < 1.29 is 9.53 Å². The minimum atomic E-state index is 0.0141. The SMILES string of the molecule is COc1ccc(Nc2ccnc(C(=O)N3CCC(C)CC3)c2)cc1. The lowest BCUT2D eigenvalue weighted by Gasteiger charge is -2.30. The molecule has 0 radical (unpaired) electrons. The van der Waals surface area contributed by atoms with Gasteiger partial charge in [0, 0.05) is 30.7 Å². The van der Waals surface area contributed by atoms with E-state index >= 15 is 0 Å². The van der Waals surface area contributed by atoms with E-state index in [9.17, 15) is 4.79 Å². The molecule has 1 aromatic heterocycles. The smallest absolute Gasteiger partial charge is 0.272 e. The molecular weight excluding hydrogens is 302 g/mol. The van der Waals surface area contributed by atoms with E-state index in [1.807, 2.05) is 41.3 Å². The number of pyridine rings is 1. The zero-order valence-electron chi connectivity index (χ0n) is 14.2. The Morgan fingerprint density at radius 3 is 2.54 bits per heavy atom. The molecule has 0 bridgehead atoms. The van der Waals surface area contributed by atoms with Crippen LogP contribution in [0.2, 0.25) is 0 Å². The van der Waals surface area contributed by atoms with Gasteiger partial charge >= 0.3 is 0 Å². The summed E-state index contributed by atoms with van der Waals surface area (Å²) in [6.07, 6.45) is 3.80. The van der Waals surface area contributed by atoms with Crippen LogP contribution in [0, 0.1) is 5.92 Å². The number of hydrogen-bond acceptors (Lipinski definition) is 4. The quantitative estimate of drug-likeness (QED) is 0.931. The Morgan fingerprint density at radius 2 is 1.88 bits per heavy atom. The Morgan fingerprint density at radius 1 is 1.17 bits per heavy atom. The minimum Gasteiger partial charge on any atom is -0.497 e. The van der Waals surface area contributed by atoms with Crippen LogP contribution in [0.1, 0.15) is 30.3 Å². The Hall–Kier alpha value is -2.56. The average Bonchev–Trinajstić information content (AvgIpc) is 2.63. The highest BCUT2D eigenvalue weighted by atomic mass is 16.5. The highest BCUT2D eigenvalue weighted by Gasteiger charge is 2.22. The molecule has 0 unspecified atom stereocenters. The predicted molar refractivity (Wildman–Crippen MR) is 94.8 cm³/mol. The van der Waals surface area contributed by atoms with Gasteiger partial charge in [0.1, 0.15) is 11.4 Å². The van der Waals surface area contributed by atoms with Gasteiger partial charge in [-0.1, -0.05) is 6.92 Å². The maximum absolute atomic E-state index is 12.6. The largest absolute Gasteiger partial charge is 0.497 e. The van der Waals surface area contributed by atoms with Crippen LogP contribution < -0.4 is 10.1 Å². The number of nitrogens with zero attached hydrogens (tertiary/aromatic N) is 2. The van der Waals surface area contributed by atoms with Gasteiger partial charge in [0.25, 0.3) is 5.91 Å². The number of carbonyl (C=O) groups is 1. The van der Waals surface area contributed by atoms with Crippen molar-refractivity contribution in [2.45, 2.75) is 19.8 Å². The summed E-state index contributed by atoms with van der Waals surface area (Å²) in [7, 11) is 1.64. The normalized spacial score (nSPS) is 15.2. The maximum Gasteiger partial charge on any atom is 0.272 e. The van der Waals surface area contributed by atoms with Gasteiger partial charge in [-0.15, -0.1) is 0 Å². The molecule has 1 N–H and O–H groups in total. The van der Waals surface area contributed by atoms with Crippen LogP contribution >= 0.6 is 0 Å². The third-order valence-corrected chi connectivity index (χ3v) is 4.43. The first-order valence-electron chi connectivity index (χ1n) is 8.32. The lowest BCUT2D eigenvalue weighted by atomic mass is 9.99. The van der Waals surface area contributed by atoms with Crippen molar-refractivity contribution in [3.63, 3.8) is 0 Å². The maximum atomic E-state index is 12.6. The molecule has 1 saturated heterocycles. The van der Waals surface area contributed by atoms with Gasteiger partial charge in [-0.05, 0) is 55.2 Å². The van der Waals surface area contributed by atoms with Gasteiger partial charge in [-0.25, -0.2) is 0 Å². The van der Waals surface area contributed by atoms with Crippen molar-refractivity contribution in [1.82, 2.24) is 9.88 Å². The van der Waals surface area contributed by atoms with Crippen molar-refractivity contribution in [2.24, 2.45) is 5.92 Å². The summed E-state index contributed by atoms with van der Waals surface area (Å²) in [6.45, 7) is 3.87. The third kappa shape index (κ3) is 3.85. The van der Waals surface area contributed by atoms with Crippen LogP contribution in [0.25, 0.3) is 0 Å².